The first kappa shape index (κ1) is 11.5. The number of nitrogens with zero attached hydrogens (tertiary/aromatic N) is 2. The molecule has 0 fully saturated rings. The molecule has 0 aliphatic carbocycles. The van der Waals surface area contributed by atoms with Crippen LogP contribution in [0, 0.1) is 13.8 Å². The van der Waals surface area contributed by atoms with Crippen molar-refractivity contribution in [3.8, 4) is 5.69 Å². The topological polar surface area (TPSA) is 17.8 Å². The predicted octanol–water partition coefficient (Wildman–Crippen LogP) is 3.86. The molecule has 1 aromatic carbocycles. The van der Waals surface area contributed by atoms with Crippen molar-refractivity contribution in [2.45, 2.75) is 13.3 Å². The van der Waals surface area contributed by atoms with E-state index in [9.17, 15) is 0 Å². The van der Waals surface area contributed by atoms with E-state index in [1.807, 2.05) is 19.1 Å². The lowest BCUT2D eigenvalue weighted by atomic mass is 10.3. The van der Waals surface area contributed by atoms with Crippen molar-refractivity contribution in [3.63, 3.8) is 0 Å². The van der Waals surface area contributed by atoms with Crippen LogP contribution in [0.15, 0.2) is 24.3 Å². The monoisotopic (exact) mass is 253 g/mol. The van der Waals surface area contributed by atoms with Gasteiger partial charge in [0.25, 0.3) is 0 Å². The zero-order chi connectivity index (χ0) is 11.7. The SMILES string of the molecule is [CH2]Cc1cc(C)n(-c2ccc(Cl)cc2Cl)n1. The number of aromatic nitrogens is 2. The van der Waals surface area contributed by atoms with Gasteiger partial charge in [-0.05, 0) is 44.5 Å². The van der Waals surface area contributed by atoms with Gasteiger partial charge in [-0.3, -0.25) is 0 Å². The van der Waals surface area contributed by atoms with Gasteiger partial charge in [0.05, 0.1) is 16.4 Å². The molecule has 1 aromatic heterocycles. The summed E-state index contributed by atoms with van der Waals surface area (Å²) >= 11 is 12.0. The van der Waals surface area contributed by atoms with Crippen LogP contribution in [-0.4, -0.2) is 9.78 Å². The normalized spacial score (nSPS) is 10.8. The minimum atomic E-state index is 0.592. The highest BCUT2D eigenvalue weighted by molar-refractivity contribution is 6.35. The molecular formula is C12H11Cl2N2. The summed E-state index contributed by atoms with van der Waals surface area (Å²) in [7, 11) is 0. The minimum absolute atomic E-state index is 0.592. The molecule has 1 radical (unpaired) electrons. The van der Waals surface area contributed by atoms with Crippen LogP contribution in [0.5, 0.6) is 0 Å². The van der Waals surface area contributed by atoms with E-state index >= 15 is 0 Å². The molecule has 0 N–H and O–H groups in total. The number of benzene rings is 1. The molecule has 2 nitrogen and oxygen atoms in total. The van der Waals surface area contributed by atoms with Crippen molar-refractivity contribution in [3.05, 3.63) is 52.6 Å². The third-order valence-electron chi connectivity index (χ3n) is 2.33. The average Bonchev–Trinajstić information content (AvgIpc) is 2.60. The van der Waals surface area contributed by atoms with Crippen LogP contribution in [-0.2, 0) is 6.42 Å². The van der Waals surface area contributed by atoms with Crippen molar-refractivity contribution < 1.29 is 0 Å². The molecule has 0 aliphatic rings. The van der Waals surface area contributed by atoms with Gasteiger partial charge in [-0.1, -0.05) is 23.2 Å². The molecule has 0 saturated heterocycles. The third kappa shape index (κ3) is 2.08. The van der Waals surface area contributed by atoms with Crippen LogP contribution >= 0.6 is 23.2 Å². The Balaban J connectivity index is 2.53. The highest BCUT2D eigenvalue weighted by Crippen LogP contribution is 2.25. The first-order valence-electron chi connectivity index (χ1n) is 4.92. The van der Waals surface area contributed by atoms with Gasteiger partial charge in [0.15, 0.2) is 0 Å². The van der Waals surface area contributed by atoms with E-state index in [0.29, 0.717) is 16.5 Å². The molecule has 0 spiro atoms. The Morgan fingerprint density at radius 3 is 2.62 bits per heavy atom. The predicted molar refractivity (Wildman–Crippen MR) is 67.4 cm³/mol. The quantitative estimate of drug-likeness (QED) is 0.795. The molecule has 1 heterocycles. The van der Waals surface area contributed by atoms with Gasteiger partial charge in [-0.2, -0.15) is 5.10 Å². The molecule has 0 atom stereocenters. The average molecular weight is 254 g/mol. The van der Waals surface area contributed by atoms with Crippen LogP contribution in [0.25, 0.3) is 5.69 Å². The van der Waals surface area contributed by atoms with Crippen LogP contribution in [0.4, 0.5) is 0 Å². The second kappa shape index (κ2) is 4.48. The second-order valence-corrected chi connectivity index (χ2v) is 4.38. The highest BCUT2D eigenvalue weighted by Gasteiger charge is 2.08. The van der Waals surface area contributed by atoms with Crippen molar-refractivity contribution in [1.82, 2.24) is 9.78 Å². The summed E-state index contributed by atoms with van der Waals surface area (Å²) in [6.07, 6.45) is 0.666. The van der Waals surface area contributed by atoms with Gasteiger partial charge >= 0.3 is 0 Å². The summed E-state index contributed by atoms with van der Waals surface area (Å²) in [5, 5.41) is 5.63. The van der Waals surface area contributed by atoms with Crippen LogP contribution < -0.4 is 0 Å². The summed E-state index contributed by atoms with van der Waals surface area (Å²) < 4.78 is 1.80. The number of rotatable bonds is 2. The fourth-order valence-corrected chi connectivity index (χ4v) is 2.05. The van der Waals surface area contributed by atoms with Crippen molar-refractivity contribution in [1.29, 1.82) is 0 Å². The Morgan fingerprint density at radius 2 is 2.06 bits per heavy atom. The summed E-state index contributed by atoms with van der Waals surface area (Å²) in [5.41, 5.74) is 2.81. The first-order valence-corrected chi connectivity index (χ1v) is 5.67. The number of hydrogen-bond donors (Lipinski definition) is 0. The van der Waals surface area contributed by atoms with Crippen molar-refractivity contribution in [2.24, 2.45) is 0 Å². The molecule has 0 saturated carbocycles. The summed E-state index contributed by atoms with van der Waals surface area (Å²) in [4.78, 5) is 0. The number of aryl methyl sites for hydroxylation is 1. The lowest BCUT2D eigenvalue weighted by molar-refractivity contribution is 0.825. The zero-order valence-corrected chi connectivity index (χ0v) is 10.4. The lowest BCUT2D eigenvalue weighted by Gasteiger charge is -2.06. The van der Waals surface area contributed by atoms with E-state index in [1.54, 1.807) is 16.8 Å². The molecular weight excluding hydrogens is 243 g/mol. The fourth-order valence-electron chi connectivity index (χ4n) is 1.56. The van der Waals surface area contributed by atoms with Gasteiger partial charge in [0.1, 0.15) is 0 Å². The van der Waals surface area contributed by atoms with E-state index in [1.165, 1.54) is 0 Å². The maximum atomic E-state index is 6.13. The molecule has 2 aromatic rings. The Labute approximate surface area is 105 Å². The summed E-state index contributed by atoms with van der Waals surface area (Å²) in [6, 6.07) is 7.37. The van der Waals surface area contributed by atoms with Gasteiger partial charge < -0.3 is 0 Å². The smallest absolute Gasteiger partial charge is 0.0835 e. The molecule has 4 heteroatoms. The number of halogens is 2. The van der Waals surface area contributed by atoms with E-state index in [2.05, 4.69) is 12.0 Å². The standard InChI is InChI=1S/C12H11Cl2N2/c1-3-10-6-8(2)16(15-10)12-5-4-9(13)7-11(12)14/h4-7H,1,3H2,2H3. The molecule has 83 valence electrons. The molecule has 0 unspecified atom stereocenters. The Kier molecular flexibility index (Phi) is 3.22. The zero-order valence-electron chi connectivity index (χ0n) is 8.87. The highest BCUT2D eigenvalue weighted by atomic mass is 35.5. The van der Waals surface area contributed by atoms with Crippen molar-refractivity contribution >= 4 is 23.2 Å². The maximum absolute atomic E-state index is 6.13. The van der Waals surface area contributed by atoms with Gasteiger partial charge in [-0.25, -0.2) is 4.68 Å². The molecule has 0 amide bonds. The molecule has 2 rings (SSSR count). The maximum Gasteiger partial charge on any atom is 0.0835 e. The van der Waals surface area contributed by atoms with E-state index < -0.39 is 0 Å². The van der Waals surface area contributed by atoms with Gasteiger partial charge in [0, 0.05) is 10.7 Å². The first-order chi connectivity index (χ1) is 7.61. The van der Waals surface area contributed by atoms with Crippen LogP contribution in [0.2, 0.25) is 10.0 Å². The van der Waals surface area contributed by atoms with Gasteiger partial charge in [0.2, 0.25) is 0 Å². The van der Waals surface area contributed by atoms with E-state index in [4.69, 9.17) is 23.2 Å². The minimum Gasteiger partial charge on any atom is -0.236 e. The number of hydrogen-bond acceptors (Lipinski definition) is 1. The van der Waals surface area contributed by atoms with E-state index in [0.717, 1.165) is 17.1 Å². The third-order valence-corrected chi connectivity index (χ3v) is 2.87. The molecule has 0 bridgehead atoms. The second-order valence-electron chi connectivity index (χ2n) is 3.53. The lowest BCUT2D eigenvalue weighted by Crippen LogP contribution is -2.00. The molecule has 16 heavy (non-hydrogen) atoms. The van der Waals surface area contributed by atoms with Gasteiger partial charge in [-0.15, -0.1) is 0 Å². The molecule has 0 aliphatic heterocycles. The van der Waals surface area contributed by atoms with Crippen molar-refractivity contribution in [2.75, 3.05) is 0 Å². The Bertz CT molecular complexity index is 518. The largest absolute Gasteiger partial charge is 0.236 e. The Morgan fingerprint density at radius 1 is 1.31 bits per heavy atom. The summed E-state index contributed by atoms with van der Waals surface area (Å²) in [5.74, 6) is 0. The summed E-state index contributed by atoms with van der Waals surface area (Å²) in [6.45, 7) is 5.79. The Hall–Kier alpha value is -0.990. The van der Waals surface area contributed by atoms with E-state index in [-0.39, 0.29) is 0 Å². The fraction of sp³-hybridized carbons (Fsp3) is 0.167. The van der Waals surface area contributed by atoms with Crippen LogP contribution in [0.1, 0.15) is 11.4 Å². The van der Waals surface area contributed by atoms with Crippen LogP contribution in [0.3, 0.4) is 0 Å².